The van der Waals surface area contributed by atoms with Crippen LogP contribution >= 0.6 is 0 Å². The summed E-state index contributed by atoms with van der Waals surface area (Å²) in [5.74, 6) is -0.0390. The van der Waals surface area contributed by atoms with Crippen LogP contribution in [-0.2, 0) is 4.79 Å². The zero-order valence-corrected chi connectivity index (χ0v) is 10.6. The van der Waals surface area contributed by atoms with Crippen LogP contribution in [0.4, 0.5) is 0 Å². The van der Waals surface area contributed by atoms with Crippen LogP contribution in [0.25, 0.3) is 0 Å². The summed E-state index contributed by atoms with van der Waals surface area (Å²) in [4.78, 5) is 12.2. The normalized spacial score (nSPS) is 24.8. The zero-order chi connectivity index (χ0) is 13.0. The van der Waals surface area contributed by atoms with Crippen molar-refractivity contribution in [3.05, 3.63) is 35.9 Å². The summed E-state index contributed by atoms with van der Waals surface area (Å²) in [5, 5.41) is 15.6. The lowest BCUT2D eigenvalue weighted by atomic mass is 9.98. The first-order valence-corrected chi connectivity index (χ1v) is 6.37. The van der Waals surface area contributed by atoms with Gasteiger partial charge in [-0.3, -0.25) is 4.79 Å². The molecule has 98 valence electrons. The summed E-state index contributed by atoms with van der Waals surface area (Å²) in [6.07, 6.45) is 1.85. The van der Waals surface area contributed by atoms with Crippen LogP contribution < -0.4 is 10.6 Å². The van der Waals surface area contributed by atoms with E-state index in [-0.39, 0.29) is 18.6 Å². The van der Waals surface area contributed by atoms with Crippen LogP contribution in [-0.4, -0.2) is 29.7 Å². The minimum absolute atomic E-state index is 0.0390. The highest BCUT2D eigenvalue weighted by Crippen LogP contribution is 2.20. The molecule has 0 bridgehead atoms. The van der Waals surface area contributed by atoms with Gasteiger partial charge in [0.2, 0.25) is 5.91 Å². The van der Waals surface area contributed by atoms with Crippen LogP contribution in [0, 0.1) is 0 Å². The van der Waals surface area contributed by atoms with E-state index in [1.54, 1.807) is 0 Å². The number of amides is 1. The quantitative estimate of drug-likeness (QED) is 0.744. The first-order chi connectivity index (χ1) is 8.65. The number of aliphatic hydroxyl groups excluding tert-OH is 1. The predicted octanol–water partition coefficient (Wildman–Crippen LogP) is 0.978. The molecular weight excluding hydrogens is 228 g/mol. The molecule has 0 spiro atoms. The van der Waals surface area contributed by atoms with Crippen molar-refractivity contribution >= 4 is 5.91 Å². The Kier molecular flexibility index (Phi) is 3.99. The third-order valence-corrected chi connectivity index (χ3v) is 3.56. The van der Waals surface area contributed by atoms with Crippen molar-refractivity contribution in [1.82, 2.24) is 10.6 Å². The molecule has 1 saturated heterocycles. The van der Waals surface area contributed by atoms with E-state index >= 15 is 0 Å². The van der Waals surface area contributed by atoms with Crippen LogP contribution in [0.15, 0.2) is 30.3 Å². The Morgan fingerprint density at radius 1 is 1.50 bits per heavy atom. The number of carbonyl (C=O) groups excluding carboxylic acids is 1. The number of aliphatic hydroxyl groups is 1. The molecule has 2 atom stereocenters. The molecule has 1 aromatic carbocycles. The number of nitrogens with one attached hydrogen (secondary N) is 2. The van der Waals surface area contributed by atoms with E-state index in [0.717, 1.165) is 24.9 Å². The summed E-state index contributed by atoms with van der Waals surface area (Å²) in [6, 6.07) is 9.20. The lowest BCUT2D eigenvalue weighted by molar-refractivity contribution is -0.127. The van der Waals surface area contributed by atoms with Crippen LogP contribution in [0.3, 0.4) is 0 Å². The molecule has 18 heavy (non-hydrogen) atoms. The third-order valence-electron chi connectivity index (χ3n) is 3.56. The molecule has 1 unspecified atom stereocenters. The van der Waals surface area contributed by atoms with E-state index in [1.165, 1.54) is 0 Å². The monoisotopic (exact) mass is 248 g/mol. The fraction of sp³-hybridized carbons (Fsp3) is 0.500. The maximum absolute atomic E-state index is 12.2. The van der Waals surface area contributed by atoms with E-state index in [4.69, 9.17) is 0 Å². The lowest BCUT2D eigenvalue weighted by Crippen LogP contribution is -2.52. The van der Waals surface area contributed by atoms with Gasteiger partial charge in [-0.15, -0.1) is 0 Å². The highest BCUT2D eigenvalue weighted by Gasteiger charge is 2.36. The van der Waals surface area contributed by atoms with Crippen LogP contribution in [0.2, 0.25) is 0 Å². The first-order valence-electron chi connectivity index (χ1n) is 6.37. The summed E-state index contributed by atoms with van der Waals surface area (Å²) in [7, 11) is 0. The number of hydrogen-bond acceptors (Lipinski definition) is 3. The number of hydrogen-bond donors (Lipinski definition) is 3. The average molecular weight is 248 g/mol. The highest BCUT2D eigenvalue weighted by molar-refractivity contribution is 5.86. The van der Waals surface area contributed by atoms with Crippen molar-refractivity contribution in [2.75, 3.05) is 13.2 Å². The Morgan fingerprint density at radius 3 is 2.78 bits per heavy atom. The van der Waals surface area contributed by atoms with Gasteiger partial charge in [0.05, 0.1) is 18.2 Å². The van der Waals surface area contributed by atoms with Gasteiger partial charge in [0.25, 0.3) is 0 Å². The first kappa shape index (κ1) is 13.1. The van der Waals surface area contributed by atoms with Gasteiger partial charge in [0.1, 0.15) is 0 Å². The molecule has 0 aromatic heterocycles. The van der Waals surface area contributed by atoms with E-state index in [0.29, 0.717) is 0 Å². The van der Waals surface area contributed by atoms with Crippen molar-refractivity contribution in [2.24, 2.45) is 0 Å². The van der Waals surface area contributed by atoms with Crippen molar-refractivity contribution < 1.29 is 9.90 Å². The standard InChI is InChI=1S/C14H20N2O2/c1-14(8-5-9-15-14)13(18)16-12(10-17)11-6-3-2-4-7-11/h2-4,6-7,12,15,17H,5,8-10H2,1H3,(H,16,18)/t12-,14?/m0/s1. The second kappa shape index (κ2) is 5.50. The highest BCUT2D eigenvalue weighted by atomic mass is 16.3. The molecule has 0 saturated carbocycles. The van der Waals surface area contributed by atoms with Crippen molar-refractivity contribution in [1.29, 1.82) is 0 Å². The predicted molar refractivity (Wildman–Crippen MR) is 70.1 cm³/mol. The Hall–Kier alpha value is -1.39. The molecule has 4 heteroatoms. The fourth-order valence-electron chi connectivity index (χ4n) is 2.33. The summed E-state index contributed by atoms with van der Waals surface area (Å²) < 4.78 is 0. The van der Waals surface area contributed by atoms with E-state index in [2.05, 4.69) is 10.6 Å². The molecule has 1 amide bonds. The molecule has 0 radical (unpaired) electrons. The molecule has 1 aromatic rings. The largest absolute Gasteiger partial charge is 0.394 e. The van der Waals surface area contributed by atoms with Crippen molar-refractivity contribution in [2.45, 2.75) is 31.3 Å². The molecule has 4 nitrogen and oxygen atoms in total. The topological polar surface area (TPSA) is 61.4 Å². The lowest BCUT2D eigenvalue weighted by Gasteiger charge is -2.26. The molecule has 1 aliphatic heterocycles. The molecule has 1 fully saturated rings. The van der Waals surface area contributed by atoms with Gasteiger partial charge in [-0.2, -0.15) is 0 Å². The van der Waals surface area contributed by atoms with Crippen LogP contribution in [0.1, 0.15) is 31.4 Å². The van der Waals surface area contributed by atoms with Gasteiger partial charge in [-0.25, -0.2) is 0 Å². The minimum atomic E-state index is -0.498. The van der Waals surface area contributed by atoms with Gasteiger partial charge < -0.3 is 15.7 Å². The summed E-state index contributed by atoms with van der Waals surface area (Å²) in [6.45, 7) is 2.69. The second-order valence-corrected chi connectivity index (χ2v) is 4.98. The van der Waals surface area contributed by atoms with E-state index < -0.39 is 5.54 Å². The SMILES string of the molecule is CC1(C(=O)N[C@@H](CO)c2ccccc2)CCCN1. The molecular formula is C14H20N2O2. The van der Waals surface area contributed by atoms with E-state index in [9.17, 15) is 9.90 Å². The Bertz CT molecular complexity index is 400. The Morgan fingerprint density at radius 2 is 2.22 bits per heavy atom. The van der Waals surface area contributed by atoms with Gasteiger partial charge in [-0.05, 0) is 31.9 Å². The maximum atomic E-state index is 12.2. The van der Waals surface area contributed by atoms with Gasteiger partial charge in [-0.1, -0.05) is 30.3 Å². The summed E-state index contributed by atoms with van der Waals surface area (Å²) in [5.41, 5.74) is 0.428. The molecule has 2 rings (SSSR count). The summed E-state index contributed by atoms with van der Waals surface area (Å²) >= 11 is 0. The molecule has 1 aliphatic rings. The smallest absolute Gasteiger partial charge is 0.240 e. The van der Waals surface area contributed by atoms with E-state index in [1.807, 2.05) is 37.3 Å². The Labute approximate surface area is 107 Å². The fourth-order valence-corrected chi connectivity index (χ4v) is 2.33. The third kappa shape index (κ3) is 2.71. The number of rotatable bonds is 4. The number of benzene rings is 1. The van der Waals surface area contributed by atoms with Crippen molar-refractivity contribution in [3.8, 4) is 0 Å². The zero-order valence-electron chi connectivity index (χ0n) is 10.6. The average Bonchev–Trinajstić information content (AvgIpc) is 2.85. The molecule has 1 heterocycles. The minimum Gasteiger partial charge on any atom is -0.394 e. The second-order valence-electron chi connectivity index (χ2n) is 4.98. The number of carbonyl (C=O) groups is 1. The van der Waals surface area contributed by atoms with Gasteiger partial charge >= 0.3 is 0 Å². The van der Waals surface area contributed by atoms with Crippen LogP contribution in [0.5, 0.6) is 0 Å². The van der Waals surface area contributed by atoms with Gasteiger partial charge in [0, 0.05) is 0 Å². The molecule has 0 aliphatic carbocycles. The Balaban J connectivity index is 2.05. The molecule has 3 N–H and O–H groups in total. The van der Waals surface area contributed by atoms with Crippen molar-refractivity contribution in [3.63, 3.8) is 0 Å². The maximum Gasteiger partial charge on any atom is 0.240 e. The van der Waals surface area contributed by atoms with Gasteiger partial charge in [0.15, 0.2) is 0 Å².